The fraction of sp³-hybridized carbons (Fsp3) is 0.167. The number of ketones is 2. The fourth-order valence-electron chi connectivity index (χ4n) is 1.64. The van der Waals surface area contributed by atoms with Gasteiger partial charge in [-0.25, -0.2) is 0 Å². The Bertz CT molecular complexity index is 503. The molecular weight excluding hydrogens is 228 g/mol. The summed E-state index contributed by atoms with van der Waals surface area (Å²) in [6, 6.07) is 3.17. The second kappa shape index (κ2) is 4.10. The maximum atomic E-state index is 11.7. The predicted molar refractivity (Wildman–Crippen MR) is 60.4 cm³/mol. The molecule has 1 aliphatic rings. The zero-order valence-electron chi connectivity index (χ0n) is 8.62. The van der Waals surface area contributed by atoms with E-state index < -0.39 is 0 Å². The lowest BCUT2D eigenvalue weighted by molar-refractivity contribution is 0.0991. The standard InChI is InChI=1S/C12H9ClO3/c1-2-16-10-6-3-7(13)11-8(14)4-5-9(15)12(10)11/h3-6H,2H2,1H3. The highest BCUT2D eigenvalue weighted by Gasteiger charge is 2.25. The van der Waals surface area contributed by atoms with Gasteiger partial charge >= 0.3 is 0 Å². The van der Waals surface area contributed by atoms with Gasteiger partial charge in [-0.2, -0.15) is 0 Å². The Morgan fingerprint density at radius 1 is 1.12 bits per heavy atom. The van der Waals surface area contributed by atoms with Crippen molar-refractivity contribution >= 4 is 23.2 Å². The summed E-state index contributed by atoms with van der Waals surface area (Å²) < 4.78 is 5.31. The normalized spacial score (nSPS) is 13.9. The highest BCUT2D eigenvalue weighted by Crippen LogP contribution is 2.32. The van der Waals surface area contributed by atoms with Crippen LogP contribution in [0, 0.1) is 0 Å². The quantitative estimate of drug-likeness (QED) is 0.793. The van der Waals surface area contributed by atoms with Gasteiger partial charge in [0.05, 0.1) is 22.8 Å². The molecular formula is C12H9ClO3. The summed E-state index contributed by atoms with van der Waals surface area (Å²) in [5, 5.41) is 0.279. The highest BCUT2D eigenvalue weighted by molar-refractivity contribution is 6.37. The predicted octanol–water partition coefficient (Wildman–Crippen LogP) is 2.67. The van der Waals surface area contributed by atoms with Gasteiger partial charge in [-0.15, -0.1) is 0 Å². The second-order valence-electron chi connectivity index (χ2n) is 3.29. The molecule has 0 heterocycles. The molecule has 0 spiro atoms. The molecule has 0 aromatic heterocycles. The van der Waals surface area contributed by atoms with Gasteiger partial charge in [-0.3, -0.25) is 9.59 Å². The summed E-state index contributed by atoms with van der Waals surface area (Å²) in [5.74, 6) is -0.105. The van der Waals surface area contributed by atoms with Crippen LogP contribution in [0.3, 0.4) is 0 Å². The van der Waals surface area contributed by atoms with Crippen molar-refractivity contribution in [3.63, 3.8) is 0 Å². The molecule has 82 valence electrons. The minimum absolute atomic E-state index is 0.236. The number of fused-ring (bicyclic) bond motifs is 1. The molecule has 16 heavy (non-hydrogen) atoms. The summed E-state index contributed by atoms with van der Waals surface area (Å²) in [6.45, 7) is 2.24. The van der Waals surface area contributed by atoms with Crippen LogP contribution in [0.4, 0.5) is 0 Å². The molecule has 1 aromatic rings. The summed E-state index contributed by atoms with van der Waals surface area (Å²) in [5.41, 5.74) is 0.502. The van der Waals surface area contributed by atoms with Crippen molar-refractivity contribution in [2.75, 3.05) is 6.61 Å². The first-order valence-corrected chi connectivity index (χ1v) is 5.25. The Labute approximate surface area is 97.7 Å². The van der Waals surface area contributed by atoms with Gasteiger partial charge in [0.15, 0.2) is 11.6 Å². The zero-order valence-corrected chi connectivity index (χ0v) is 9.38. The Balaban J connectivity index is 2.68. The molecule has 0 unspecified atom stereocenters. The van der Waals surface area contributed by atoms with Crippen LogP contribution in [0.15, 0.2) is 24.3 Å². The number of rotatable bonds is 2. The summed E-state index contributed by atoms with van der Waals surface area (Å²) in [6.07, 6.45) is 2.47. The number of halogens is 1. The third-order valence-corrected chi connectivity index (χ3v) is 2.61. The maximum Gasteiger partial charge on any atom is 0.190 e. The molecule has 4 heteroatoms. The molecule has 0 saturated heterocycles. The van der Waals surface area contributed by atoms with Crippen LogP contribution in [0.25, 0.3) is 0 Å². The fourth-order valence-corrected chi connectivity index (χ4v) is 1.89. The van der Waals surface area contributed by atoms with E-state index in [0.717, 1.165) is 0 Å². The van der Waals surface area contributed by atoms with Gasteiger partial charge in [-0.05, 0) is 31.2 Å². The molecule has 0 saturated carbocycles. The second-order valence-corrected chi connectivity index (χ2v) is 3.70. The van der Waals surface area contributed by atoms with E-state index >= 15 is 0 Å². The van der Waals surface area contributed by atoms with E-state index in [1.165, 1.54) is 12.2 Å². The first-order valence-electron chi connectivity index (χ1n) is 4.87. The first-order chi connectivity index (χ1) is 7.65. The molecule has 0 atom stereocenters. The number of carbonyl (C=O) groups is 2. The smallest absolute Gasteiger partial charge is 0.190 e. The third kappa shape index (κ3) is 1.63. The maximum absolute atomic E-state index is 11.7. The van der Waals surface area contributed by atoms with Gasteiger partial charge in [0.25, 0.3) is 0 Å². The van der Waals surface area contributed by atoms with E-state index in [2.05, 4.69) is 0 Å². The van der Waals surface area contributed by atoms with Crippen molar-refractivity contribution in [3.05, 3.63) is 40.4 Å². The third-order valence-electron chi connectivity index (χ3n) is 2.29. The van der Waals surface area contributed by atoms with Crippen molar-refractivity contribution < 1.29 is 14.3 Å². The van der Waals surface area contributed by atoms with Crippen LogP contribution < -0.4 is 4.74 Å². The summed E-state index contributed by atoms with van der Waals surface area (Å²) in [4.78, 5) is 23.3. The molecule has 0 N–H and O–H groups in total. The monoisotopic (exact) mass is 236 g/mol. The number of hydrogen-bond donors (Lipinski definition) is 0. The van der Waals surface area contributed by atoms with Crippen LogP contribution in [0.1, 0.15) is 27.6 Å². The largest absolute Gasteiger partial charge is 0.493 e. The van der Waals surface area contributed by atoms with Crippen LogP contribution in [-0.4, -0.2) is 18.2 Å². The van der Waals surface area contributed by atoms with E-state index in [4.69, 9.17) is 16.3 Å². The van der Waals surface area contributed by atoms with Gasteiger partial charge < -0.3 is 4.74 Å². The van der Waals surface area contributed by atoms with Crippen LogP contribution in [0.2, 0.25) is 5.02 Å². The topological polar surface area (TPSA) is 43.4 Å². The van der Waals surface area contributed by atoms with Crippen molar-refractivity contribution in [1.29, 1.82) is 0 Å². The average molecular weight is 237 g/mol. The van der Waals surface area contributed by atoms with Crippen molar-refractivity contribution in [2.24, 2.45) is 0 Å². The Morgan fingerprint density at radius 2 is 1.75 bits per heavy atom. The Morgan fingerprint density at radius 3 is 2.38 bits per heavy atom. The molecule has 3 nitrogen and oxygen atoms in total. The van der Waals surface area contributed by atoms with Gasteiger partial charge in [0.2, 0.25) is 0 Å². The molecule has 1 aliphatic carbocycles. The van der Waals surface area contributed by atoms with E-state index in [9.17, 15) is 9.59 Å². The number of ether oxygens (including phenoxy) is 1. The number of hydrogen-bond acceptors (Lipinski definition) is 3. The number of benzene rings is 1. The lowest BCUT2D eigenvalue weighted by Gasteiger charge is -2.15. The van der Waals surface area contributed by atoms with E-state index in [1.807, 2.05) is 6.92 Å². The summed E-state index contributed by atoms with van der Waals surface area (Å²) >= 11 is 5.91. The average Bonchev–Trinajstić information content (AvgIpc) is 2.26. The Hall–Kier alpha value is -1.61. The van der Waals surface area contributed by atoms with Crippen LogP contribution in [0.5, 0.6) is 5.75 Å². The SMILES string of the molecule is CCOc1ccc(Cl)c2c1C(=O)C=CC2=O. The minimum Gasteiger partial charge on any atom is -0.493 e. The van der Waals surface area contributed by atoms with Crippen LogP contribution in [-0.2, 0) is 0 Å². The molecule has 0 fully saturated rings. The molecule has 1 aromatic carbocycles. The number of allylic oxidation sites excluding steroid dienone is 2. The van der Waals surface area contributed by atoms with Gasteiger partial charge in [-0.1, -0.05) is 11.6 Å². The lowest BCUT2D eigenvalue weighted by Crippen LogP contribution is -2.14. The van der Waals surface area contributed by atoms with Crippen molar-refractivity contribution in [1.82, 2.24) is 0 Å². The van der Waals surface area contributed by atoms with Crippen LogP contribution >= 0.6 is 11.6 Å². The molecule has 2 rings (SSSR count). The van der Waals surface area contributed by atoms with E-state index in [1.54, 1.807) is 12.1 Å². The first kappa shape index (κ1) is 10.9. The molecule has 0 bridgehead atoms. The minimum atomic E-state index is -0.263. The van der Waals surface area contributed by atoms with Gasteiger partial charge in [0.1, 0.15) is 5.75 Å². The molecule has 0 radical (unpaired) electrons. The zero-order chi connectivity index (χ0) is 11.7. The lowest BCUT2D eigenvalue weighted by atomic mass is 9.94. The molecule has 0 aliphatic heterocycles. The Kier molecular flexibility index (Phi) is 2.79. The number of carbonyl (C=O) groups excluding carboxylic acids is 2. The van der Waals surface area contributed by atoms with Gasteiger partial charge in [0, 0.05) is 0 Å². The van der Waals surface area contributed by atoms with Crippen molar-refractivity contribution in [2.45, 2.75) is 6.92 Å². The van der Waals surface area contributed by atoms with Crippen molar-refractivity contribution in [3.8, 4) is 5.75 Å². The molecule has 0 amide bonds. The summed E-state index contributed by atoms with van der Waals surface area (Å²) in [7, 11) is 0. The van der Waals surface area contributed by atoms with E-state index in [0.29, 0.717) is 12.4 Å². The highest BCUT2D eigenvalue weighted by atomic mass is 35.5. The van der Waals surface area contributed by atoms with E-state index in [-0.39, 0.29) is 27.7 Å².